The summed E-state index contributed by atoms with van der Waals surface area (Å²) < 4.78 is 0. The first-order valence-electron chi connectivity index (χ1n) is 12.8. The van der Waals surface area contributed by atoms with Gasteiger partial charge in [0.2, 0.25) is 17.7 Å². The summed E-state index contributed by atoms with van der Waals surface area (Å²) in [6.07, 6.45) is 1.19. The van der Waals surface area contributed by atoms with Gasteiger partial charge in [-0.15, -0.1) is 0 Å². The minimum absolute atomic E-state index is 0.00803. The number of carbonyl (C=O) groups excluding carboxylic acids is 3. The van der Waals surface area contributed by atoms with Gasteiger partial charge in [-0.1, -0.05) is 24.3 Å². The number of aromatic hydroxyl groups is 2. The Hall–Kier alpha value is -4.20. The Labute approximate surface area is 231 Å². The highest BCUT2D eigenvalue weighted by Crippen LogP contribution is 2.13. The van der Waals surface area contributed by atoms with E-state index < -0.39 is 54.5 Å². The molecule has 218 valence electrons. The van der Waals surface area contributed by atoms with Gasteiger partial charge in [0.15, 0.2) is 0 Å². The van der Waals surface area contributed by atoms with E-state index in [0.717, 1.165) is 0 Å². The van der Waals surface area contributed by atoms with Crippen LogP contribution in [0.5, 0.6) is 11.5 Å². The number of hydrogen-bond acceptors (Lipinski definition) is 9. The molecular weight excluding hydrogens is 522 g/mol. The van der Waals surface area contributed by atoms with Gasteiger partial charge in [0.1, 0.15) is 29.6 Å². The van der Waals surface area contributed by atoms with E-state index in [4.69, 9.17) is 11.5 Å². The quantitative estimate of drug-likeness (QED) is 0.112. The number of unbranched alkanes of at least 4 members (excludes halogenated alkanes) is 1. The standard InChI is InChI=1S/C27H37N5O8/c28-12-2-1-3-21(27(39)40)30-25(37)22(14-17-6-10-19(35)11-7-17)31-26(38)23(15-33)32-24(36)20(29)13-16-4-8-18(34)9-5-16/h4-11,20-23,33-35H,1-3,12-15,28-29H2,(H,30,37)(H,31,38)(H,32,36)(H,39,40). The SMILES string of the molecule is NCCCCC(NC(=O)C(Cc1ccc(O)cc1)NC(=O)C(CO)NC(=O)C(N)Cc1ccc(O)cc1)C(=O)O. The molecule has 11 N–H and O–H groups in total. The fourth-order valence-corrected chi connectivity index (χ4v) is 3.82. The molecule has 4 unspecified atom stereocenters. The van der Waals surface area contributed by atoms with E-state index in [1.54, 1.807) is 12.1 Å². The number of phenols is 2. The Kier molecular flexibility index (Phi) is 12.8. The van der Waals surface area contributed by atoms with Gasteiger partial charge in [0.05, 0.1) is 12.6 Å². The molecule has 0 heterocycles. The van der Waals surface area contributed by atoms with Crippen molar-refractivity contribution in [3.63, 3.8) is 0 Å². The predicted molar refractivity (Wildman–Crippen MR) is 145 cm³/mol. The third kappa shape index (κ3) is 10.5. The van der Waals surface area contributed by atoms with Crippen LogP contribution in [0.2, 0.25) is 0 Å². The van der Waals surface area contributed by atoms with Crippen LogP contribution in [0.25, 0.3) is 0 Å². The number of carbonyl (C=O) groups is 4. The number of amides is 3. The summed E-state index contributed by atoms with van der Waals surface area (Å²) in [7, 11) is 0. The van der Waals surface area contributed by atoms with Crippen LogP contribution >= 0.6 is 0 Å². The van der Waals surface area contributed by atoms with Gasteiger partial charge in [-0.25, -0.2) is 4.79 Å². The topological polar surface area (TPSA) is 237 Å². The monoisotopic (exact) mass is 559 g/mol. The second-order valence-corrected chi connectivity index (χ2v) is 9.34. The van der Waals surface area contributed by atoms with Crippen molar-refractivity contribution in [3.05, 3.63) is 59.7 Å². The van der Waals surface area contributed by atoms with Crippen LogP contribution in [-0.2, 0) is 32.0 Å². The Morgan fingerprint density at radius 3 is 1.68 bits per heavy atom. The summed E-state index contributed by atoms with van der Waals surface area (Å²) >= 11 is 0. The fraction of sp³-hybridized carbons (Fsp3) is 0.407. The number of aliphatic hydroxyl groups excluding tert-OH is 1. The highest BCUT2D eigenvalue weighted by atomic mass is 16.4. The molecule has 0 saturated carbocycles. The summed E-state index contributed by atoms with van der Waals surface area (Å²) in [6.45, 7) is -0.430. The van der Waals surface area contributed by atoms with Gasteiger partial charge in [0, 0.05) is 6.42 Å². The summed E-state index contributed by atoms with van der Waals surface area (Å²) in [5, 5.41) is 45.5. The van der Waals surface area contributed by atoms with Gasteiger partial charge >= 0.3 is 5.97 Å². The zero-order valence-corrected chi connectivity index (χ0v) is 22.0. The van der Waals surface area contributed by atoms with Crippen molar-refractivity contribution in [2.24, 2.45) is 11.5 Å². The molecule has 40 heavy (non-hydrogen) atoms. The number of rotatable bonds is 16. The van der Waals surface area contributed by atoms with E-state index in [9.17, 15) is 39.6 Å². The number of phenolic OH excluding ortho intramolecular Hbond substituents is 2. The van der Waals surface area contributed by atoms with Crippen LogP contribution in [0.3, 0.4) is 0 Å². The second kappa shape index (κ2) is 16.0. The lowest BCUT2D eigenvalue weighted by atomic mass is 10.0. The molecule has 0 radical (unpaired) electrons. The summed E-state index contributed by atoms with van der Waals surface area (Å²) in [4.78, 5) is 50.4. The highest BCUT2D eigenvalue weighted by Gasteiger charge is 2.30. The molecule has 0 spiro atoms. The normalized spacial score (nSPS) is 13.9. The minimum atomic E-state index is -1.45. The molecule has 0 fully saturated rings. The lowest BCUT2D eigenvalue weighted by molar-refractivity contribution is -0.142. The molecule has 0 aliphatic rings. The molecule has 13 heteroatoms. The average Bonchev–Trinajstić information content (AvgIpc) is 2.92. The lowest BCUT2D eigenvalue weighted by Gasteiger charge is -2.24. The van der Waals surface area contributed by atoms with Gasteiger partial charge < -0.3 is 47.8 Å². The number of carboxylic acids is 1. The van der Waals surface area contributed by atoms with Crippen LogP contribution in [-0.4, -0.2) is 81.4 Å². The van der Waals surface area contributed by atoms with Crippen molar-refractivity contribution in [3.8, 4) is 11.5 Å². The van der Waals surface area contributed by atoms with Crippen LogP contribution in [0.4, 0.5) is 0 Å². The molecule has 0 saturated heterocycles. The number of hydrogen-bond donors (Lipinski definition) is 9. The molecule has 0 bridgehead atoms. The molecule has 4 atom stereocenters. The number of aliphatic carboxylic acids is 1. The van der Waals surface area contributed by atoms with E-state index in [1.165, 1.54) is 36.4 Å². The Morgan fingerprint density at radius 2 is 1.18 bits per heavy atom. The Bertz CT molecular complexity index is 1130. The first-order chi connectivity index (χ1) is 19.0. The van der Waals surface area contributed by atoms with Crippen molar-refractivity contribution in [1.29, 1.82) is 0 Å². The Morgan fingerprint density at radius 1 is 0.700 bits per heavy atom. The van der Waals surface area contributed by atoms with Gasteiger partial charge in [-0.2, -0.15) is 0 Å². The van der Waals surface area contributed by atoms with Gasteiger partial charge in [-0.05, 0) is 67.6 Å². The number of nitrogens with two attached hydrogens (primary N) is 2. The summed E-state index contributed by atoms with van der Waals surface area (Å²) in [5.74, 6) is -3.60. The third-order valence-corrected chi connectivity index (χ3v) is 6.11. The predicted octanol–water partition coefficient (Wildman–Crippen LogP) is -1.13. The van der Waals surface area contributed by atoms with E-state index in [-0.39, 0.29) is 30.8 Å². The van der Waals surface area contributed by atoms with Crippen molar-refractivity contribution >= 4 is 23.7 Å². The largest absolute Gasteiger partial charge is 0.508 e. The van der Waals surface area contributed by atoms with Crippen LogP contribution in [0, 0.1) is 0 Å². The molecule has 2 aromatic rings. The Balaban J connectivity index is 2.12. The van der Waals surface area contributed by atoms with Crippen molar-refractivity contribution in [1.82, 2.24) is 16.0 Å². The zero-order valence-electron chi connectivity index (χ0n) is 22.0. The minimum Gasteiger partial charge on any atom is -0.508 e. The maximum absolute atomic E-state index is 13.1. The summed E-state index contributed by atoms with van der Waals surface area (Å²) in [5.41, 5.74) is 12.6. The van der Waals surface area contributed by atoms with Crippen molar-refractivity contribution in [2.75, 3.05) is 13.2 Å². The molecule has 2 rings (SSSR count). The van der Waals surface area contributed by atoms with Crippen molar-refractivity contribution < 1.29 is 39.6 Å². The summed E-state index contributed by atoms with van der Waals surface area (Å²) in [6, 6.07) is 6.90. The number of aliphatic hydroxyl groups is 1. The van der Waals surface area contributed by atoms with Gasteiger partial charge in [0.25, 0.3) is 0 Å². The van der Waals surface area contributed by atoms with Crippen LogP contribution in [0.15, 0.2) is 48.5 Å². The van der Waals surface area contributed by atoms with E-state index in [0.29, 0.717) is 30.5 Å². The zero-order chi connectivity index (χ0) is 29.7. The average molecular weight is 560 g/mol. The van der Waals surface area contributed by atoms with E-state index >= 15 is 0 Å². The first kappa shape index (κ1) is 32.0. The first-order valence-corrected chi connectivity index (χ1v) is 12.8. The number of benzene rings is 2. The smallest absolute Gasteiger partial charge is 0.326 e. The number of carboxylic acid groups (broad SMARTS) is 1. The molecule has 0 aromatic heterocycles. The third-order valence-electron chi connectivity index (χ3n) is 6.11. The molecule has 2 aromatic carbocycles. The van der Waals surface area contributed by atoms with Crippen molar-refractivity contribution in [2.45, 2.75) is 56.3 Å². The van der Waals surface area contributed by atoms with E-state index in [1.807, 2.05) is 0 Å². The maximum atomic E-state index is 13.1. The fourth-order valence-electron chi connectivity index (χ4n) is 3.82. The number of nitrogens with one attached hydrogen (secondary N) is 3. The highest BCUT2D eigenvalue weighted by molar-refractivity contribution is 5.94. The van der Waals surface area contributed by atoms with Gasteiger partial charge in [-0.3, -0.25) is 14.4 Å². The molecule has 0 aliphatic heterocycles. The molecular formula is C27H37N5O8. The van der Waals surface area contributed by atoms with Crippen LogP contribution in [0.1, 0.15) is 30.4 Å². The molecule has 0 aliphatic carbocycles. The lowest BCUT2D eigenvalue weighted by Crippen LogP contribution is -2.58. The van der Waals surface area contributed by atoms with E-state index in [2.05, 4.69) is 16.0 Å². The second-order valence-electron chi connectivity index (χ2n) is 9.34. The van der Waals surface area contributed by atoms with Crippen LogP contribution < -0.4 is 27.4 Å². The maximum Gasteiger partial charge on any atom is 0.326 e. The molecule has 13 nitrogen and oxygen atoms in total. The molecule has 3 amide bonds.